The first-order chi connectivity index (χ1) is 8.58. The van der Waals surface area contributed by atoms with Crippen LogP contribution in [0.4, 0.5) is 11.4 Å². The molecule has 1 atom stereocenters. The third-order valence-electron chi connectivity index (χ3n) is 2.76. The van der Waals surface area contributed by atoms with Crippen molar-refractivity contribution in [2.24, 2.45) is 0 Å². The second-order valence-electron chi connectivity index (χ2n) is 3.90. The van der Waals surface area contributed by atoms with Crippen molar-refractivity contribution in [3.63, 3.8) is 0 Å². The molecular formula is C10H12N2O5S. The Labute approximate surface area is 106 Å². The predicted octanol–water partition coefficient (Wildman–Crippen LogP) is 1.71. The molecule has 18 heavy (non-hydrogen) atoms. The minimum Gasteiger partial charge on any atom is -0.378 e. The molecule has 8 heteroatoms. The van der Waals surface area contributed by atoms with Crippen molar-refractivity contribution in [2.45, 2.75) is 12.8 Å². The summed E-state index contributed by atoms with van der Waals surface area (Å²) in [6, 6.07) is 4.08. The van der Waals surface area contributed by atoms with Gasteiger partial charge in [0.2, 0.25) is 0 Å². The molecule has 1 saturated heterocycles. The van der Waals surface area contributed by atoms with Crippen molar-refractivity contribution in [2.75, 3.05) is 18.0 Å². The highest BCUT2D eigenvalue weighted by Gasteiger charge is 2.20. The van der Waals surface area contributed by atoms with Crippen LogP contribution in [0, 0.1) is 10.1 Å². The Kier molecular flexibility index (Phi) is 3.78. The summed E-state index contributed by atoms with van der Waals surface area (Å²) in [6.07, 6.45) is 2.05. The molecule has 98 valence electrons. The van der Waals surface area contributed by atoms with Gasteiger partial charge in [0.1, 0.15) is 0 Å². The van der Waals surface area contributed by atoms with E-state index in [0.717, 1.165) is 25.9 Å². The van der Waals surface area contributed by atoms with Gasteiger partial charge in [-0.3, -0.25) is 14.7 Å². The molecule has 0 bridgehead atoms. The molecular weight excluding hydrogens is 260 g/mol. The number of non-ortho nitro benzene ring substituents is 1. The SMILES string of the molecule is O=[N+]([O-])c1ccc(N2CCCC2)c(OS(=O)O)c1. The fourth-order valence-corrected chi connectivity index (χ4v) is 2.27. The van der Waals surface area contributed by atoms with Gasteiger partial charge in [0.05, 0.1) is 16.7 Å². The van der Waals surface area contributed by atoms with Crippen LogP contribution in [-0.2, 0) is 11.4 Å². The number of anilines is 1. The Balaban J connectivity index is 2.37. The molecule has 1 aromatic rings. The van der Waals surface area contributed by atoms with E-state index in [1.807, 2.05) is 4.90 Å². The van der Waals surface area contributed by atoms with E-state index in [4.69, 9.17) is 8.74 Å². The summed E-state index contributed by atoms with van der Waals surface area (Å²) in [6.45, 7) is 1.62. The van der Waals surface area contributed by atoms with Crippen molar-refractivity contribution in [3.8, 4) is 5.75 Å². The summed E-state index contributed by atoms with van der Waals surface area (Å²) >= 11 is -2.50. The standard InChI is InChI=1S/C10H12N2O5S/c13-12(14)8-3-4-9(11-5-1-2-6-11)10(7-8)17-18(15)16/h3-4,7H,1-2,5-6H2,(H,15,16). The van der Waals surface area contributed by atoms with Crippen LogP contribution >= 0.6 is 0 Å². The first-order valence-electron chi connectivity index (χ1n) is 5.40. The fourth-order valence-electron chi connectivity index (χ4n) is 1.98. The van der Waals surface area contributed by atoms with Gasteiger partial charge in [-0.05, 0) is 18.9 Å². The number of rotatable bonds is 4. The number of hydrogen-bond acceptors (Lipinski definition) is 5. The van der Waals surface area contributed by atoms with Gasteiger partial charge in [0.15, 0.2) is 5.75 Å². The predicted molar refractivity (Wildman–Crippen MR) is 65.9 cm³/mol. The molecule has 1 fully saturated rings. The van der Waals surface area contributed by atoms with Gasteiger partial charge in [0, 0.05) is 19.2 Å². The fraction of sp³-hybridized carbons (Fsp3) is 0.400. The van der Waals surface area contributed by atoms with Crippen molar-refractivity contribution in [1.82, 2.24) is 0 Å². The molecule has 1 N–H and O–H groups in total. The van der Waals surface area contributed by atoms with Crippen LogP contribution in [0.5, 0.6) is 5.75 Å². The van der Waals surface area contributed by atoms with Crippen LogP contribution in [-0.4, -0.2) is 26.8 Å². The van der Waals surface area contributed by atoms with Crippen LogP contribution in [0.1, 0.15) is 12.8 Å². The van der Waals surface area contributed by atoms with Crippen LogP contribution in [0.25, 0.3) is 0 Å². The summed E-state index contributed by atoms with van der Waals surface area (Å²) in [7, 11) is 0. The third-order valence-corrected chi connectivity index (χ3v) is 3.08. The van der Waals surface area contributed by atoms with E-state index in [1.54, 1.807) is 6.07 Å². The zero-order chi connectivity index (χ0) is 13.1. The van der Waals surface area contributed by atoms with Crippen molar-refractivity contribution >= 4 is 22.7 Å². The summed E-state index contributed by atoms with van der Waals surface area (Å²) in [5.74, 6) is 0.0620. The lowest BCUT2D eigenvalue weighted by molar-refractivity contribution is -0.384. The largest absolute Gasteiger partial charge is 0.378 e. The monoisotopic (exact) mass is 272 g/mol. The maximum Gasteiger partial charge on any atom is 0.357 e. The van der Waals surface area contributed by atoms with Crippen LogP contribution in [0.15, 0.2) is 18.2 Å². The van der Waals surface area contributed by atoms with Crippen LogP contribution in [0.3, 0.4) is 0 Å². The zero-order valence-electron chi connectivity index (χ0n) is 9.44. The summed E-state index contributed by atoms with van der Waals surface area (Å²) in [4.78, 5) is 12.1. The molecule has 0 spiro atoms. The van der Waals surface area contributed by atoms with Crippen molar-refractivity contribution < 1.29 is 17.9 Å². The maximum atomic E-state index is 10.7. The molecule has 0 radical (unpaired) electrons. The van der Waals surface area contributed by atoms with E-state index in [-0.39, 0.29) is 11.4 Å². The molecule has 1 aliphatic rings. The van der Waals surface area contributed by atoms with Crippen LogP contribution < -0.4 is 9.08 Å². The quantitative estimate of drug-likeness (QED) is 0.509. The third kappa shape index (κ3) is 2.77. The number of nitro groups is 1. The molecule has 0 amide bonds. The number of benzene rings is 1. The minimum absolute atomic E-state index is 0.0620. The van der Waals surface area contributed by atoms with E-state index >= 15 is 0 Å². The summed E-state index contributed by atoms with van der Waals surface area (Å²) in [5, 5.41) is 10.7. The van der Waals surface area contributed by atoms with E-state index in [9.17, 15) is 14.3 Å². The topological polar surface area (TPSA) is 92.9 Å². The van der Waals surface area contributed by atoms with E-state index in [1.165, 1.54) is 12.1 Å². The molecule has 0 aliphatic carbocycles. The minimum atomic E-state index is -2.50. The van der Waals surface area contributed by atoms with Gasteiger partial charge in [0.25, 0.3) is 5.69 Å². The van der Waals surface area contributed by atoms with E-state index in [2.05, 4.69) is 0 Å². The molecule has 1 aliphatic heterocycles. The molecule has 1 unspecified atom stereocenters. The molecule has 0 aromatic heterocycles. The second-order valence-corrected chi connectivity index (χ2v) is 4.50. The van der Waals surface area contributed by atoms with Gasteiger partial charge in [-0.1, -0.05) is 0 Å². The van der Waals surface area contributed by atoms with Crippen molar-refractivity contribution in [1.29, 1.82) is 0 Å². The van der Waals surface area contributed by atoms with E-state index < -0.39 is 16.3 Å². The van der Waals surface area contributed by atoms with Gasteiger partial charge in [-0.15, -0.1) is 0 Å². The smallest absolute Gasteiger partial charge is 0.357 e. The molecule has 0 saturated carbocycles. The number of nitrogens with zero attached hydrogens (tertiary/aromatic N) is 2. The van der Waals surface area contributed by atoms with Gasteiger partial charge in [-0.2, -0.15) is 4.21 Å². The van der Waals surface area contributed by atoms with Gasteiger partial charge >= 0.3 is 11.4 Å². The summed E-state index contributed by atoms with van der Waals surface area (Å²) < 4.78 is 24.2. The Morgan fingerprint density at radius 1 is 1.39 bits per heavy atom. The number of nitro benzene ring substituents is 1. The average Bonchev–Trinajstić information content (AvgIpc) is 2.81. The highest BCUT2D eigenvalue weighted by atomic mass is 32.2. The normalized spacial score (nSPS) is 16.6. The molecule has 1 aromatic carbocycles. The highest BCUT2D eigenvalue weighted by Crippen LogP contribution is 2.34. The lowest BCUT2D eigenvalue weighted by atomic mass is 10.2. The highest BCUT2D eigenvalue weighted by molar-refractivity contribution is 7.74. The van der Waals surface area contributed by atoms with Gasteiger partial charge < -0.3 is 9.08 Å². The Morgan fingerprint density at radius 2 is 2.06 bits per heavy atom. The molecule has 1 heterocycles. The van der Waals surface area contributed by atoms with E-state index in [0.29, 0.717) is 5.69 Å². The lowest BCUT2D eigenvalue weighted by Crippen LogP contribution is -2.19. The van der Waals surface area contributed by atoms with Crippen molar-refractivity contribution in [3.05, 3.63) is 28.3 Å². The zero-order valence-corrected chi connectivity index (χ0v) is 10.3. The maximum absolute atomic E-state index is 10.7. The second kappa shape index (κ2) is 5.32. The Bertz CT molecular complexity index is 487. The summed E-state index contributed by atoms with van der Waals surface area (Å²) in [5.41, 5.74) is 0.443. The first kappa shape index (κ1) is 12.8. The van der Waals surface area contributed by atoms with Crippen LogP contribution in [0.2, 0.25) is 0 Å². The molecule has 7 nitrogen and oxygen atoms in total. The molecule has 2 rings (SSSR count). The lowest BCUT2D eigenvalue weighted by Gasteiger charge is -2.19. The average molecular weight is 272 g/mol. The number of hydrogen-bond donors (Lipinski definition) is 1. The Hall–Kier alpha value is -1.67. The Morgan fingerprint density at radius 3 is 2.61 bits per heavy atom. The van der Waals surface area contributed by atoms with Gasteiger partial charge in [-0.25, -0.2) is 0 Å². The first-order valence-corrected chi connectivity index (χ1v) is 6.43.